The second kappa shape index (κ2) is 7.13. The van der Waals surface area contributed by atoms with Gasteiger partial charge in [0.2, 0.25) is 5.91 Å². The molecule has 0 saturated carbocycles. The third-order valence-corrected chi connectivity index (χ3v) is 2.33. The summed E-state index contributed by atoms with van der Waals surface area (Å²) in [6, 6.07) is -0.688. The van der Waals surface area contributed by atoms with Crippen molar-refractivity contribution < 1.29 is 14.3 Å². The van der Waals surface area contributed by atoms with Crippen LogP contribution in [0, 0.1) is 18.3 Å². The van der Waals surface area contributed by atoms with Crippen LogP contribution in [-0.4, -0.2) is 42.4 Å². The molecule has 16 heavy (non-hydrogen) atoms. The molecule has 0 spiro atoms. The first-order valence-electron chi connectivity index (χ1n) is 4.86. The lowest BCUT2D eigenvalue weighted by atomic mass is 10.0. The number of alkyl halides is 1. The van der Waals surface area contributed by atoms with Crippen LogP contribution in [0.3, 0.4) is 0 Å². The number of esters is 1. The van der Waals surface area contributed by atoms with Crippen molar-refractivity contribution in [1.29, 1.82) is 0 Å². The molecular formula is C11H16ClNO3. The van der Waals surface area contributed by atoms with Gasteiger partial charge in [0.25, 0.3) is 0 Å². The van der Waals surface area contributed by atoms with E-state index >= 15 is 0 Å². The minimum atomic E-state index is -0.688. The largest absolute Gasteiger partial charge is 0.467 e. The van der Waals surface area contributed by atoms with Crippen molar-refractivity contribution >= 4 is 23.5 Å². The average molecular weight is 246 g/mol. The summed E-state index contributed by atoms with van der Waals surface area (Å²) in [5.74, 6) is 1.19. The molecule has 0 aliphatic rings. The molecule has 0 unspecified atom stereocenters. The van der Waals surface area contributed by atoms with Crippen LogP contribution in [0.2, 0.25) is 0 Å². The first kappa shape index (κ1) is 14.8. The van der Waals surface area contributed by atoms with Gasteiger partial charge < -0.3 is 9.64 Å². The van der Waals surface area contributed by atoms with Gasteiger partial charge in [-0.15, -0.1) is 18.0 Å². The zero-order valence-electron chi connectivity index (χ0n) is 9.70. The van der Waals surface area contributed by atoms with Gasteiger partial charge in [0.15, 0.2) is 0 Å². The number of methoxy groups -OCH3 is 1. The van der Waals surface area contributed by atoms with E-state index < -0.39 is 12.0 Å². The summed E-state index contributed by atoms with van der Waals surface area (Å²) < 4.78 is 4.65. The van der Waals surface area contributed by atoms with Crippen LogP contribution in [-0.2, 0) is 14.3 Å². The van der Waals surface area contributed by atoms with Crippen molar-refractivity contribution in [2.24, 2.45) is 5.92 Å². The summed E-state index contributed by atoms with van der Waals surface area (Å²) in [4.78, 5) is 24.4. The molecule has 4 nitrogen and oxygen atoms in total. The van der Waals surface area contributed by atoms with Crippen molar-refractivity contribution in [3.05, 3.63) is 0 Å². The molecular weight excluding hydrogens is 230 g/mol. The Morgan fingerprint density at radius 1 is 1.50 bits per heavy atom. The number of hydrogen-bond acceptors (Lipinski definition) is 3. The Labute approximate surface area is 101 Å². The molecule has 5 heteroatoms. The number of carbonyl (C=O) groups excluding carboxylic acids is 2. The Bertz CT molecular complexity index is 296. The highest BCUT2D eigenvalue weighted by molar-refractivity contribution is 6.27. The average Bonchev–Trinajstić information content (AvgIpc) is 2.26. The SMILES string of the molecule is C#CCN(C(=O)CCl)[C@H](C(=O)OC)C(C)C. The van der Waals surface area contributed by atoms with Crippen LogP contribution >= 0.6 is 11.6 Å². The summed E-state index contributed by atoms with van der Waals surface area (Å²) >= 11 is 5.47. The van der Waals surface area contributed by atoms with Gasteiger partial charge in [0, 0.05) is 0 Å². The fourth-order valence-corrected chi connectivity index (χ4v) is 1.55. The Balaban J connectivity index is 5.03. The number of rotatable bonds is 5. The molecule has 0 aromatic rings. The zero-order valence-corrected chi connectivity index (χ0v) is 10.5. The molecule has 90 valence electrons. The van der Waals surface area contributed by atoms with Gasteiger partial charge in [-0.3, -0.25) is 4.79 Å². The van der Waals surface area contributed by atoms with E-state index in [4.69, 9.17) is 18.0 Å². The van der Waals surface area contributed by atoms with Gasteiger partial charge in [0.1, 0.15) is 11.9 Å². The molecule has 1 atom stereocenters. The molecule has 1 amide bonds. The minimum absolute atomic E-state index is 0.0451. The van der Waals surface area contributed by atoms with Crippen molar-refractivity contribution in [3.8, 4) is 12.3 Å². The molecule has 0 rings (SSSR count). The van der Waals surface area contributed by atoms with Crippen LogP contribution < -0.4 is 0 Å². The second-order valence-electron chi connectivity index (χ2n) is 3.57. The van der Waals surface area contributed by atoms with Crippen molar-refractivity contribution in [2.75, 3.05) is 19.5 Å². The van der Waals surface area contributed by atoms with Crippen LogP contribution in [0.4, 0.5) is 0 Å². The molecule has 0 heterocycles. The van der Waals surface area contributed by atoms with E-state index in [2.05, 4.69) is 10.7 Å². The van der Waals surface area contributed by atoms with Gasteiger partial charge >= 0.3 is 5.97 Å². The summed E-state index contributed by atoms with van der Waals surface area (Å²) in [7, 11) is 1.27. The summed E-state index contributed by atoms with van der Waals surface area (Å²) in [5, 5.41) is 0. The van der Waals surface area contributed by atoms with E-state index in [0.29, 0.717) is 0 Å². The smallest absolute Gasteiger partial charge is 0.328 e. The molecule has 0 aromatic carbocycles. The lowest BCUT2D eigenvalue weighted by molar-refractivity contribution is -0.153. The first-order valence-corrected chi connectivity index (χ1v) is 5.39. The molecule has 0 saturated heterocycles. The standard InChI is InChI=1S/C11H16ClNO3/c1-5-6-13(9(14)7-12)10(8(2)3)11(15)16-4/h1,8,10H,6-7H2,2-4H3/t10-/m0/s1. The van der Waals surface area contributed by atoms with Gasteiger partial charge in [-0.2, -0.15) is 0 Å². The lowest BCUT2D eigenvalue weighted by Crippen LogP contribution is -2.49. The van der Waals surface area contributed by atoms with Gasteiger partial charge in [-0.25, -0.2) is 4.79 Å². The number of carbonyl (C=O) groups is 2. The maximum absolute atomic E-state index is 11.6. The van der Waals surface area contributed by atoms with Crippen molar-refractivity contribution in [1.82, 2.24) is 4.90 Å². The maximum Gasteiger partial charge on any atom is 0.328 e. The number of halogens is 1. The monoisotopic (exact) mass is 245 g/mol. The Morgan fingerprint density at radius 2 is 2.06 bits per heavy atom. The summed E-state index contributed by atoms with van der Waals surface area (Å²) in [6.45, 7) is 3.67. The number of hydrogen-bond donors (Lipinski definition) is 0. The van der Waals surface area contributed by atoms with Gasteiger partial charge in [0.05, 0.1) is 13.7 Å². The summed E-state index contributed by atoms with van der Waals surface area (Å²) in [6.07, 6.45) is 5.16. The van der Waals surface area contributed by atoms with Gasteiger partial charge in [-0.1, -0.05) is 19.8 Å². The third kappa shape index (κ3) is 3.74. The van der Waals surface area contributed by atoms with Crippen molar-refractivity contribution in [2.45, 2.75) is 19.9 Å². The van der Waals surface area contributed by atoms with E-state index in [0.717, 1.165) is 0 Å². The number of amides is 1. The van der Waals surface area contributed by atoms with Crippen LogP contribution in [0.15, 0.2) is 0 Å². The second-order valence-corrected chi connectivity index (χ2v) is 3.84. The lowest BCUT2D eigenvalue weighted by Gasteiger charge is -2.30. The Kier molecular flexibility index (Phi) is 6.59. The zero-order chi connectivity index (χ0) is 12.7. The topological polar surface area (TPSA) is 46.6 Å². The van der Waals surface area contributed by atoms with Crippen LogP contribution in [0.5, 0.6) is 0 Å². The van der Waals surface area contributed by atoms with Crippen molar-refractivity contribution in [3.63, 3.8) is 0 Å². The van der Waals surface area contributed by atoms with E-state index in [-0.39, 0.29) is 24.2 Å². The first-order chi connectivity index (χ1) is 7.49. The molecule has 0 radical (unpaired) electrons. The number of nitrogens with zero attached hydrogens (tertiary/aromatic N) is 1. The third-order valence-electron chi connectivity index (χ3n) is 2.11. The quantitative estimate of drug-likeness (QED) is 0.411. The minimum Gasteiger partial charge on any atom is -0.467 e. The number of ether oxygens (including phenoxy) is 1. The summed E-state index contributed by atoms with van der Waals surface area (Å²) in [5.41, 5.74) is 0. The molecule has 0 N–H and O–H groups in total. The van der Waals surface area contributed by atoms with E-state index in [9.17, 15) is 9.59 Å². The van der Waals surface area contributed by atoms with Crippen LogP contribution in [0.25, 0.3) is 0 Å². The van der Waals surface area contributed by atoms with Gasteiger partial charge in [-0.05, 0) is 5.92 Å². The predicted molar refractivity (Wildman–Crippen MR) is 61.9 cm³/mol. The fourth-order valence-electron chi connectivity index (χ4n) is 1.40. The molecule has 0 fully saturated rings. The Hall–Kier alpha value is -1.21. The highest BCUT2D eigenvalue weighted by Crippen LogP contribution is 2.13. The normalized spacial score (nSPS) is 11.8. The van der Waals surface area contributed by atoms with E-state index in [1.165, 1.54) is 12.0 Å². The molecule has 0 aromatic heterocycles. The van der Waals surface area contributed by atoms with E-state index in [1.54, 1.807) is 0 Å². The molecule has 0 bridgehead atoms. The highest BCUT2D eigenvalue weighted by atomic mass is 35.5. The highest BCUT2D eigenvalue weighted by Gasteiger charge is 2.32. The van der Waals surface area contributed by atoms with Crippen LogP contribution in [0.1, 0.15) is 13.8 Å². The predicted octanol–water partition coefficient (Wildman–Crippen LogP) is 0.885. The van der Waals surface area contributed by atoms with E-state index in [1.807, 2.05) is 13.8 Å². The Morgan fingerprint density at radius 3 is 2.38 bits per heavy atom. The molecule has 0 aliphatic heterocycles. The number of terminal acetylenes is 1. The molecule has 0 aliphatic carbocycles. The maximum atomic E-state index is 11.6. The fraction of sp³-hybridized carbons (Fsp3) is 0.636.